The summed E-state index contributed by atoms with van der Waals surface area (Å²) in [5.41, 5.74) is 0. The number of hydrogen-bond donors (Lipinski definition) is 2. The van der Waals surface area contributed by atoms with E-state index in [0.717, 1.165) is 13.8 Å². The molecule has 0 aromatic heterocycles. The van der Waals surface area contributed by atoms with Gasteiger partial charge in [0.15, 0.2) is 0 Å². The van der Waals surface area contributed by atoms with E-state index in [2.05, 4.69) is 9.47 Å². The molecule has 0 rings (SSSR count). The van der Waals surface area contributed by atoms with E-state index in [-0.39, 0.29) is 13.2 Å². The Morgan fingerprint density at radius 2 is 1.31 bits per heavy atom. The summed E-state index contributed by atoms with van der Waals surface area (Å²) in [5, 5.41) is 0. The van der Waals surface area contributed by atoms with Gasteiger partial charge in [0.2, 0.25) is 0 Å². The SMILES string of the molecule is CC(=O)OCCS(=O)(O)(O)CCOC(C)=O. The van der Waals surface area contributed by atoms with Crippen LogP contribution in [-0.2, 0) is 28.7 Å². The van der Waals surface area contributed by atoms with Gasteiger partial charge >= 0.3 is 11.9 Å². The average Bonchev–Trinajstić information content (AvgIpc) is 1.99. The van der Waals surface area contributed by atoms with E-state index in [4.69, 9.17) is 0 Å². The van der Waals surface area contributed by atoms with Crippen LogP contribution in [0.4, 0.5) is 0 Å². The zero-order chi connectivity index (χ0) is 12.8. The molecular weight excluding hydrogens is 240 g/mol. The van der Waals surface area contributed by atoms with Gasteiger partial charge in [-0.05, 0) is 0 Å². The summed E-state index contributed by atoms with van der Waals surface area (Å²) in [4.78, 5) is 20.8. The minimum atomic E-state index is -4.86. The Balaban J connectivity index is 4.08. The molecule has 16 heavy (non-hydrogen) atoms. The minimum Gasteiger partial charge on any atom is -0.465 e. The second kappa shape index (κ2) is 5.37. The first-order chi connectivity index (χ1) is 7.10. The summed E-state index contributed by atoms with van der Waals surface area (Å²) >= 11 is 0. The van der Waals surface area contributed by atoms with Crippen molar-refractivity contribution in [3.8, 4) is 0 Å². The van der Waals surface area contributed by atoms with Crippen molar-refractivity contribution in [2.75, 3.05) is 24.7 Å². The molecule has 2 N–H and O–H groups in total. The Hall–Kier alpha value is -0.990. The topological polar surface area (TPSA) is 110 Å². The van der Waals surface area contributed by atoms with E-state index < -0.39 is 33.1 Å². The number of rotatable bonds is 6. The zero-order valence-corrected chi connectivity index (χ0v) is 9.99. The van der Waals surface area contributed by atoms with E-state index in [1.165, 1.54) is 0 Å². The zero-order valence-electron chi connectivity index (χ0n) is 9.17. The summed E-state index contributed by atoms with van der Waals surface area (Å²) in [5.74, 6) is -2.41. The Morgan fingerprint density at radius 3 is 1.56 bits per heavy atom. The van der Waals surface area contributed by atoms with Crippen molar-refractivity contribution in [2.24, 2.45) is 0 Å². The maximum Gasteiger partial charge on any atom is 0.302 e. The first-order valence-electron chi connectivity index (χ1n) is 4.50. The maximum absolute atomic E-state index is 11.5. The van der Waals surface area contributed by atoms with Gasteiger partial charge < -0.3 is 18.6 Å². The predicted molar refractivity (Wildman–Crippen MR) is 56.4 cm³/mol. The average molecular weight is 256 g/mol. The smallest absolute Gasteiger partial charge is 0.302 e. The molecule has 0 spiro atoms. The minimum absolute atomic E-state index is 0.367. The van der Waals surface area contributed by atoms with Gasteiger partial charge in [0.05, 0.1) is 21.1 Å². The fourth-order valence-corrected chi connectivity index (χ4v) is 1.85. The molecule has 0 bridgehead atoms. The lowest BCUT2D eigenvalue weighted by Crippen LogP contribution is -2.42. The summed E-state index contributed by atoms with van der Waals surface area (Å²) in [6.07, 6.45) is 0. The Kier molecular flexibility index (Phi) is 5.04. The standard InChI is InChI=1S/C8H16O7S/c1-7(9)14-3-5-16(11,12,13)6-4-15-8(2)10/h3-6H2,1-2H3,(H2,11,12,13). The van der Waals surface area contributed by atoms with Crippen LogP contribution < -0.4 is 0 Å². The molecule has 8 heteroatoms. The highest BCUT2D eigenvalue weighted by molar-refractivity contribution is 8.10. The molecule has 0 fully saturated rings. The second-order valence-electron chi connectivity index (χ2n) is 3.28. The predicted octanol–water partition coefficient (Wildman–Crippen LogP) is -0.121. The molecule has 96 valence electrons. The summed E-state index contributed by atoms with van der Waals surface area (Å²) in [6.45, 7) is 1.55. The van der Waals surface area contributed by atoms with Gasteiger partial charge in [0, 0.05) is 13.8 Å². The molecule has 0 saturated carbocycles. The molecule has 0 heterocycles. The first-order valence-corrected chi connectivity index (χ1v) is 6.72. The van der Waals surface area contributed by atoms with Crippen LogP contribution in [0.3, 0.4) is 0 Å². The van der Waals surface area contributed by atoms with Crippen molar-refractivity contribution in [2.45, 2.75) is 13.8 Å². The Bertz CT molecular complexity index is 303. The van der Waals surface area contributed by atoms with Gasteiger partial charge in [0.1, 0.15) is 13.2 Å². The van der Waals surface area contributed by atoms with Crippen molar-refractivity contribution in [3.63, 3.8) is 0 Å². The van der Waals surface area contributed by atoms with Crippen LogP contribution in [0.1, 0.15) is 13.8 Å². The normalized spacial score (nSPS) is 13.6. The third-order valence-electron chi connectivity index (χ3n) is 1.60. The summed E-state index contributed by atoms with van der Waals surface area (Å²) < 4.78 is 39.0. The van der Waals surface area contributed by atoms with Crippen LogP contribution in [0.15, 0.2) is 0 Å². The number of carbonyl (C=O) groups is 2. The molecule has 0 amide bonds. The number of hydrogen-bond acceptors (Lipinski definition) is 5. The van der Waals surface area contributed by atoms with Crippen molar-refractivity contribution in [3.05, 3.63) is 0 Å². The fourth-order valence-electron chi connectivity index (χ4n) is 0.808. The number of esters is 2. The van der Waals surface area contributed by atoms with Crippen molar-refractivity contribution in [1.29, 1.82) is 0 Å². The van der Waals surface area contributed by atoms with Gasteiger partial charge in [-0.1, -0.05) is 0 Å². The van der Waals surface area contributed by atoms with Crippen LogP contribution in [0, 0.1) is 0 Å². The lowest BCUT2D eigenvalue weighted by molar-refractivity contribution is -0.141. The lowest BCUT2D eigenvalue weighted by Gasteiger charge is -2.29. The van der Waals surface area contributed by atoms with Gasteiger partial charge in [-0.3, -0.25) is 9.59 Å². The lowest BCUT2D eigenvalue weighted by atomic mass is 10.8. The second-order valence-corrected chi connectivity index (χ2v) is 6.47. The molecule has 7 nitrogen and oxygen atoms in total. The van der Waals surface area contributed by atoms with Crippen molar-refractivity contribution < 1.29 is 32.4 Å². The van der Waals surface area contributed by atoms with Crippen molar-refractivity contribution in [1.82, 2.24) is 0 Å². The molecule has 0 aliphatic carbocycles. The first kappa shape index (κ1) is 15.0. The molecular formula is C8H16O7S. The van der Waals surface area contributed by atoms with Gasteiger partial charge in [-0.15, -0.1) is 0 Å². The molecule has 0 aromatic rings. The fraction of sp³-hybridized carbons (Fsp3) is 0.750. The maximum atomic E-state index is 11.5. The third-order valence-corrected chi connectivity index (χ3v) is 3.57. The van der Waals surface area contributed by atoms with Gasteiger partial charge in [-0.2, -0.15) is 0 Å². The summed E-state index contributed by atoms with van der Waals surface area (Å²) in [7, 11) is -4.86. The van der Waals surface area contributed by atoms with Gasteiger partial charge in [-0.25, -0.2) is 4.21 Å². The molecule has 0 aromatic carbocycles. The molecule has 0 atom stereocenters. The van der Waals surface area contributed by atoms with Crippen LogP contribution in [0.5, 0.6) is 0 Å². The Morgan fingerprint density at radius 1 is 1.00 bits per heavy atom. The van der Waals surface area contributed by atoms with E-state index in [1.54, 1.807) is 0 Å². The largest absolute Gasteiger partial charge is 0.465 e. The van der Waals surface area contributed by atoms with E-state index in [9.17, 15) is 22.9 Å². The molecule has 0 saturated heterocycles. The van der Waals surface area contributed by atoms with Crippen LogP contribution in [0.25, 0.3) is 0 Å². The van der Waals surface area contributed by atoms with E-state index >= 15 is 0 Å². The third kappa shape index (κ3) is 8.33. The highest BCUT2D eigenvalue weighted by Gasteiger charge is 2.30. The number of ether oxygens (including phenoxy) is 2. The number of carbonyl (C=O) groups excluding carboxylic acids is 2. The van der Waals surface area contributed by atoms with E-state index in [1.807, 2.05) is 0 Å². The molecule has 0 aliphatic heterocycles. The van der Waals surface area contributed by atoms with Crippen LogP contribution in [0.2, 0.25) is 0 Å². The highest BCUT2D eigenvalue weighted by Crippen LogP contribution is 2.15. The molecule has 0 radical (unpaired) electrons. The van der Waals surface area contributed by atoms with Crippen LogP contribution in [-0.4, -0.2) is 50.0 Å². The summed E-state index contributed by atoms with van der Waals surface area (Å²) in [6, 6.07) is 0. The molecule has 0 aliphatic rings. The molecule has 0 unspecified atom stereocenters. The van der Waals surface area contributed by atoms with Crippen LogP contribution >= 0.6 is 0 Å². The quantitative estimate of drug-likeness (QED) is 0.637. The Labute approximate surface area is 93.2 Å². The van der Waals surface area contributed by atoms with Gasteiger partial charge in [0.25, 0.3) is 0 Å². The van der Waals surface area contributed by atoms with E-state index in [0.29, 0.717) is 0 Å². The monoisotopic (exact) mass is 256 g/mol. The highest BCUT2D eigenvalue weighted by atomic mass is 32.3. The van der Waals surface area contributed by atoms with Crippen molar-refractivity contribution >= 4 is 21.6 Å².